The van der Waals surface area contributed by atoms with Gasteiger partial charge in [0.05, 0.1) is 0 Å². The summed E-state index contributed by atoms with van der Waals surface area (Å²) in [6.45, 7) is 0.981. The molecule has 0 saturated heterocycles. The molecule has 1 aliphatic heterocycles. The van der Waals surface area contributed by atoms with Crippen LogP contribution in [0.1, 0.15) is 5.56 Å². The third-order valence-corrected chi connectivity index (χ3v) is 2.39. The Hall–Kier alpha value is -1.76. The van der Waals surface area contributed by atoms with Crippen molar-refractivity contribution in [2.24, 2.45) is 0 Å². The van der Waals surface area contributed by atoms with Gasteiger partial charge in [0.15, 0.2) is 0 Å². The topological polar surface area (TPSA) is 3.24 Å². The Labute approximate surface area is 91.0 Å². The van der Waals surface area contributed by atoms with Crippen LogP contribution in [0.3, 0.4) is 0 Å². The summed E-state index contributed by atoms with van der Waals surface area (Å²) < 4.78 is 0. The second kappa shape index (κ2) is 4.65. The first-order valence-electron chi connectivity index (χ1n) is 5.09. The first-order chi connectivity index (χ1) is 7.36. The summed E-state index contributed by atoms with van der Waals surface area (Å²) in [6, 6.07) is 11.2. The van der Waals surface area contributed by atoms with Crippen molar-refractivity contribution in [2.45, 2.75) is 0 Å². The van der Waals surface area contributed by atoms with Crippen LogP contribution in [0.5, 0.6) is 0 Å². The maximum Gasteiger partial charge on any atom is 0.0366 e. The average Bonchev–Trinajstić information content (AvgIpc) is 2.29. The Morgan fingerprint density at radius 3 is 3.00 bits per heavy atom. The first-order valence-corrected chi connectivity index (χ1v) is 5.09. The monoisotopic (exact) mass is 196 g/mol. The van der Waals surface area contributed by atoms with Gasteiger partial charge >= 0.3 is 0 Å². The first kappa shape index (κ1) is 9.78. The summed E-state index contributed by atoms with van der Waals surface area (Å²) in [5.41, 5.74) is 2.34. The zero-order valence-electron chi connectivity index (χ0n) is 8.85. The maximum absolute atomic E-state index is 3.17. The largest absolute Gasteiger partial charge is 0.371 e. The van der Waals surface area contributed by atoms with Crippen LogP contribution < -0.4 is 0 Å². The van der Waals surface area contributed by atoms with Crippen LogP contribution in [-0.2, 0) is 0 Å². The quantitative estimate of drug-likeness (QED) is 0.703. The molecular formula is C14H14N. The van der Waals surface area contributed by atoms with Crippen molar-refractivity contribution in [3.05, 3.63) is 65.9 Å². The lowest BCUT2D eigenvalue weighted by atomic mass is 10.2. The van der Waals surface area contributed by atoms with Crippen LogP contribution in [0, 0.1) is 6.07 Å². The minimum absolute atomic E-state index is 0.981. The molecule has 75 valence electrons. The van der Waals surface area contributed by atoms with Crippen LogP contribution in [0.25, 0.3) is 6.08 Å². The van der Waals surface area contributed by atoms with Crippen LogP contribution in [-0.4, -0.2) is 18.5 Å². The van der Waals surface area contributed by atoms with Crippen molar-refractivity contribution in [1.29, 1.82) is 0 Å². The van der Waals surface area contributed by atoms with Crippen molar-refractivity contribution in [1.82, 2.24) is 4.90 Å². The fourth-order valence-corrected chi connectivity index (χ4v) is 1.49. The van der Waals surface area contributed by atoms with Gasteiger partial charge in [-0.05, 0) is 23.8 Å². The highest BCUT2D eigenvalue weighted by Gasteiger charge is 2.00. The van der Waals surface area contributed by atoms with Crippen molar-refractivity contribution in [3.8, 4) is 0 Å². The third kappa shape index (κ3) is 2.59. The van der Waals surface area contributed by atoms with E-state index in [0.29, 0.717) is 0 Å². The van der Waals surface area contributed by atoms with E-state index in [0.717, 1.165) is 12.1 Å². The predicted molar refractivity (Wildman–Crippen MR) is 64.2 cm³/mol. The van der Waals surface area contributed by atoms with Gasteiger partial charge in [-0.15, -0.1) is 0 Å². The standard InChI is InChI=1S/C14H14N/c1-15-12-6-5-9-14(15)11-10-13-7-3-2-4-8-13/h2-7,9-11H,12H2,1H3. The van der Waals surface area contributed by atoms with Gasteiger partial charge in [-0.25, -0.2) is 0 Å². The fraction of sp³-hybridized carbons (Fsp3) is 0.143. The van der Waals surface area contributed by atoms with Crippen molar-refractivity contribution >= 4 is 6.08 Å². The molecule has 0 atom stereocenters. The molecule has 1 nitrogen and oxygen atoms in total. The van der Waals surface area contributed by atoms with E-state index in [1.54, 1.807) is 0 Å². The van der Waals surface area contributed by atoms with Crippen LogP contribution >= 0.6 is 0 Å². The lowest BCUT2D eigenvalue weighted by Gasteiger charge is -2.20. The summed E-state index contributed by atoms with van der Waals surface area (Å²) in [6.07, 6.45) is 10.6. The van der Waals surface area contributed by atoms with Crippen molar-refractivity contribution in [2.75, 3.05) is 13.6 Å². The van der Waals surface area contributed by atoms with Crippen LogP contribution in [0.2, 0.25) is 0 Å². The van der Waals surface area contributed by atoms with Gasteiger partial charge in [-0.1, -0.05) is 42.5 Å². The Morgan fingerprint density at radius 2 is 2.27 bits per heavy atom. The number of likely N-dealkylation sites (N-methyl/N-ethyl adjacent to an activating group) is 1. The van der Waals surface area contributed by atoms with Crippen LogP contribution in [0.4, 0.5) is 0 Å². The molecule has 0 N–H and O–H groups in total. The summed E-state index contributed by atoms with van der Waals surface area (Å²) >= 11 is 0. The molecule has 15 heavy (non-hydrogen) atoms. The molecule has 0 amide bonds. The molecule has 1 aromatic rings. The molecule has 0 aliphatic carbocycles. The predicted octanol–water partition coefficient (Wildman–Crippen LogP) is 2.89. The van der Waals surface area contributed by atoms with Gasteiger partial charge in [0.2, 0.25) is 0 Å². The van der Waals surface area contributed by atoms with Crippen molar-refractivity contribution < 1.29 is 0 Å². The molecule has 1 heteroatoms. The number of benzene rings is 1. The smallest absolute Gasteiger partial charge is 0.0366 e. The van der Waals surface area contributed by atoms with Gasteiger partial charge in [0, 0.05) is 19.3 Å². The van der Waals surface area contributed by atoms with Gasteiger partial charge in [0.25, 0.3) is 0 Å². The van der Waals surface area contributed by atoms with E-state index in [-0.39, 0.29) is 0 Å². The fourth-order valence-electron chi connectivity index (χ4n) is 1.49. The highest BCUT2D eigenvalue weighted by Crippen LogP contribution is 2.10. The number of hydrogen-bond acceptors (Lipinski definition) is 1. The maximum atomic E-state index is 3.17. The minimum Gasteiger partial charge on any atom is -0.371 e. The lowest BCUT2D eigenvalue weighted by molar-refractivity contribution is 0.475. The number of nitrogens with zero attached hydrogens (tertiary/aromatic N) is 1. The summed E-state index contributed by atoms with van der Waals surface area (Å²) in [4.78, 5) is 2.21. The van der Waals surface area contributed by atoms with Gasteiger partial charge < -0.3 is 4.90 Å². The Balaban J connectivity index is 2.12. The SMILES string of the molecule is CN1CC=CC=C1C=Cc1[c]cccc1. The number of allylic oxidation sites excluding steroid dienone is 3. The Kier molecular flexibility index (Phi) is 3.03. The van der Waals surface area contributed by atoms with E-state index in [2.05, 4.69) is 54.5 Å². The molecule has 0 unspecified atom stereocenters. The summed E-state index contributed by atoms with van der Waals surface area (Å²) in [5.74, 6) is 0. The van der Waals surface area contributed by atoms with E-state index in [1.165, 1.54) is 5.70 Å². The molecule has 2 rings (SSSR count). The highest BCUT2D eigenvalue weighted by atomic mass is 15.1. The Bertz CT molecular complexity index is 399. The second-order valence-electron chi connectivity index (χ2n) is 3.55. The van der Waals surface area contributed by atoms with Crippen molar-refractivity contribution in [3.63, 3.8) is 0 Å². The molecule has 1 aliphatic rings. The van der Waals surface area contributed by atoms with Gasteiger partial charge in [-0.3, -0.25) is 0 Å². The van der Waals surface area contributed by atoms with Crippen LogP contribution in [0.15, 0.2) is 54.3 Å². The molecular weight excluding hydrogens is 182 g/mol. The zero-order chi connectivity index (χ0) is 10.5. The average molecular weight is 196 g/mol. The molecule has 1 aromatic carbocycles. The molecule has 0 saturated carbocycles. The lowest BCUT2D eigenvalue weighted by Crippen LogP contribution is -2.18. The van der Waals surface area contributed by atoms with E-state index < -0.39 is 0 Å². The highest BCUT2D eigenvalue weighted by molar-refractivity contribution is 5.52. The molecule has 1 radical (unpaired) electrons. The number of rotatable bonds is 2. The summed E-state index contributed by atoms with van der Waals surface area (Å²) in [7, 11) is 2.09. The Morgan fingerprint density at radius 1 is 1.33 bits per heavy atom. The van der Waals surface area contributed by atoms with E-state index in [1.807, 2.05) is 18.2 Å². The molecule has 0 fully saturated rings. The molecule has 0 bridgehead atoms. The third-order valence-electron chi connectivity index (χ3n) is 2.39. The minimum atomic E-state index is 0.981. The van der Waals surface area contributed by atoms with Gasteiger partial charge in [0.1, 0.15) is 0 Å². The van der Waals surface area contributed by atoms with E-state index >= 15 is 0 Å². The number of hydrogen-bond donors (Lipinski definition) is 0. The normalized spacial score (nSPS) is 15.8. The molecule has 0 spiro atoms. The molecule has 0 aromatic heterocycles. The van der Waals surface area contributed by atoms with E-state index in [4.69, 9.17) is 0 Å². The van der Waals surface area contributed by atoms with Gasteiger partial charge in [-0.2, -0.15) is 0 Å². The molecule has 1 heterocycles. The summed E-state index contributed by atoms with van der Waals surface area (Å²) in [5, 5.41) is 0. The van der Waals surface area contributed by atoms with E-state index in [9.17, 15) is 0 Å². The second-order valence-corrected chi connectivity index (χ2v) is 3.55. The zero-order valence-corrected chi connectivity index (χ0v) is 8.85.